The number of nitrogens with zero attached hydrogens (tertiary/aromatic N) is 1. The van der Waals surface area contributed by atoms with Crippen molar-refractivity contribution in [1.82, 2.24) is 4.98 Å². The molecule has 1 heterocycles. The van der Waals surface area contributed by atoms with E-state index in [0.717, 1.165) is 6.20 Å². The molecule has 23 heavy (non-hydrogen) atoms. The summed E-state index contributed by atoms with van der Waals surface area (Å²) in [6.07, 6.45) is 0.0910. The zero-order chi connectivity index (χ0) is 17.0. The quantitative estimate of drug-likeness (QED) is 0.792. The Labute approximate surface area is 132 Å². The molecule has 5 nitrogen and oxygen atoms in total. The molecule has 0 saturated carbocycles. The lowest BCUT2D eigenvalue weighted by Crippen LogP contribution is -2.26. The molecule has 120 valence electrons. The molecule has 0 saturated heterocycles. The Morgan fingerprint density at radius 1 is 1.17 bits per heavy atom. The van der Waals surface area contributed by atoms with Crippen molar-refractivity contribution in [1.29, 1.82) is 0 Å². The van der Waals surface area contributed by atoms with Gasteiger partial charge in [-0.2, -0.15) is 0 Å². The predicted molar refractivity (Wildman–Crippen MR) is 82.8 cm³/mol. The predicted octanol–water partition coefficient (Wildman–Crippen LogP) is 3.56. The summed E-state index contributed by atoms with van der Waals surface area (Å²) in [6.45, 7) is 5.06. The van der Waals surface area contributed by atoms with E-state index in [9.17, 15) is 14.0 Å². The van der Waals surface area contributed by atoms with Crippen LogP contribution < -0.4 is 10.2 Å². The highest BCUT2D eigenvalue weighted by Crippen LogP contribution is 2.19. The third-order valence-electron chi connectivity index (χ3n) is 2.66. The van der Waals surface area contributed by atoms with E-state index in [4.69, 9.17) is 9.47 Å². The number of halogens is 1. The number of aromatic nitrogens is 1. The molecular weight excluding hydrogens is 301 g/mol. The first-order chi connectivity index (χ1) is 10.7. The fourth-order valence-electron chi connectivity index (χ4n) is 1.73. The average Bonchev–Trinajstić information content (AvgIpc) is 2.60. The fraction of sp³-hybridized carbons (Fsp3) is 0.235. The third-order valence-corrected chi connectivity index (χ3v) is 2.66. The molecule has 0 amide bonds. The Kier molecular flexibility index (Phi) is 4.74. The second kappa shape index (κ2) is 6.56. The molecule has 0 aliphatic rings. The fourth-order valence-corrected chi connectivity index (χ4v) is 1.73. The number of rotatable bonds is 2. The van der Waals surface area contributed by atoms with Gasteiger partial charge in [0.1, 0.15) is 11.4 Å². The Morgan fingerprint density at radius 3 is 2.52 bits per heavy atom. The van der Waals surface area contributed by atoms with Crippen LogP contribution in [0.2, 0.25) is 0 Å². The monoisotopic (exact) mass is 317 g/mol. The van der Waals surface area contributed by atoms with Gasteiger partial charge in [0.05, 0.1) is 11.9 Å². The molecule has 0 bridgehead atoms. The SMILES string of the molecule is CC(C)(C)OC(=O)Oc1cc(-c2ccc(F)cn2)cccc1=O. The van der Waals surface area contributed by atoms with E-state index in [2.05, 4.69) is 4.98 Å². The van der Waals surface area contributed by atoms with Crippen molar-refractivity contribution in [3.05, 3.63) is 58.6 Å². The maximum absolute atomic E-state index is 13.0. The zero-order valence-electron chi connectivity index (χ0n) is 13.0. The Morgan fingerprint density at radius 2 is 1.91 bits per heavy atom. The van der Waals surface area contributed by atoms with Gasteiger partial charge in [-0.25, -0.2) is 9.18 Å². The lowest BCUT2D eigenvalue weighted by molar-refractivity contribution is 0.0204. The first-order valence-corrected chi connectivity index (χ1v) is 6.92. The first-order valence-electron chi connectivity index (χ1n) is 6.92. The van der Waals surface area contributed by atoms with Crippen molar-refractivity contribution in [3.63, 3.8) is 0 Å². The molecule has 0 fully saturated rings. The maximum Gasteiger partial charge on any atom is 0.514 e. The van der Waals surface area contributed by atoms with E-state index in [0.29, 0.717) is 11.3 Å². The van der Waals surface area contributed by atoms with Gasteiger partial charge >= 0.3 is 6.16 Å². The number of carbonyl (C=O) groups is 1. The molecule has 2 rings (SSSR count). The molecule has 1 aromatic heterocycles. The minimum atomic E-state index is -0.973. The number of hydrogen-bond donors (Lipinski definition) is 0. The van der Waals surface area contributed by atoms with Gasteiger partial charge < -0.3 is 9.47 Å². The zero-order valence-corrected chi connectivity index (χ0v) is 13.0. The second-order valence-electron chi connectivity index (χ2n) is 5.78. The van der Waals surface area contributed by atoms with Gasteiger partial charge in [-0.3, -0.25) is 9.78 Å². The van der Waals surface area contributed by atoms with Crippen LogP contribution >= 0.6 is 0 Å². The van der Waals surface area contributed by atoms with Crippen molar-refractivity contribution in [2.45, 2.75) is 26.4 Å². The van der Waals surface area contributed by atoms with Crippen LogP contribution in [0.4, 0.5) is 9.18 Å². The molecule has 0 aliphatic heterocycles. The highest BCUT2D eigenvalue weighted by Gasteiger charge is 2.19. The normalized spacial score (nSPS) is 11.0. The topological polar surface area (TPSA) is 65.5 Å². The van der Waals surface area contributed by atoms with E-state index in [1.807, 2.05) is 0 Å². The summed E-state index contributed by atoms with van der Waals surface area (Å²) < 4.78 is 23.0. The molecule has 0 atom stereocenters. The van der Waals surface area contributed by atoms with Crippen molar-refractivity contribution < 1.29 is 18.7 Å². The summed E-state index contributed by atoms with van der Waals surface area (Å²) in [5.74, 6) is -0.658. The van der Waals surface area contributed by atoms with Gasteiger partial charge in [-0.1, -0.05) is 12.1 Å². The molecule has 0 radical (unpaired) electrons. The number of carbonyl (C=O) groups excluding carboxylic acids is 1. The van der Waals surface area contributed by atoms with Crippen LogP contribution in [0.5, 0.6) is 5.75 Å². The van der Waals surface area contributed by atoms with Gasteiger partial charge in [0.25, 0.3) is 0 Å². The first kappa shape index (κ1) is 16.6. The number of ether oxygens (including phenoxy) is 2. The van der Waals surface area contributed by atoms with Crippen LogP contribution in [0, 0.1) is 5.82 Å². The molecular formula is C17H16FNO4. The molecule has 1 aromatic carbocycles. The van der Waals surface area contributed by atoms with Gasteiger partial charge in [-0.15, -0.1) is 0 Å². The summed E-state index contributed by atoms with van der Waals surface area (Å²) in [4.78, 5) is 27.6. The summed E-state index contributed by atoms with van der Waals surface area (Å²) >= 11 is 0. The van der Waals surface area contributed by atoms with Crippen LogP contribution in [0.3, 0.4) is 0 Å². The van der Waals surface area contributed by atoms with Crippen molar-refractivity contribution in [3.8, 4) is 17.0 Å². The van der Waals surface area contributed by atoms with Gasteiger partial charge in [-0.05, 0) is 45.0 Å². The summed E-state index contributed by atoms with van der Waals surface area (Å²) in [7, 11) is 0. The van der Waals surface area contributed by atoms with E-state index in [1.54, 1.807) is 26.8 Å². The summed E-state index contributed by atoms with van der Waals surface area (Å²) in [5.41, 5.74) is -0.274. The molecule has 0 N–H and O–H groups in total. The largest absolute Gasteiger partial charge is 0.514 e. The number of pyridine rings is 1. The number of hydrogen-bond acceptors (Lipinski definition) is 5. The average molecular weight is 317 g/mol. The lowest BCUT2D eigenvalue weighted by atomic mass is 10.2. The van der Waals surface area contributed by atoms with Gasteiger partial charge in [0, 0.05) is 5.56 Å². The molecule has 0 unspecified atom stereocenters. The molecule has 6 heteroatoms. The Bertz CT molecular complexity index is 767. The summed E-state index contributed by atoms with van der Waals surface area (Å²) in [5, 5.41) is 0. The lowest BCUT2D eigenvalue weighted by Gasteiger charge is -2.18. The van der Waals surface area contributed by atoms with Crippen molar-refractivity contribution in [2.75, 3.05) is 0 Å². The highest BCUT2D eigenvalue weighted by molar-refractivity contribution is 5.66. The van der Waals surface area contributed by atoms with E-state index in [1.165, 1.54) is 30.3 Å². The van der Waals surface area contributed by atoms with Crippen LogP contribution in [-0.4, -0.2) is 16.7 Å². The minimum Gasteiger partial charge on any atom is -0.428 e. The molecule has 0 spiro atoms. The second-order valence-corrected chi connectivity index (χ2v) is 5.78. The van der Waals surface area contributed by atoms with Crippen LogP contribution in [0.15, 0.2) is 47.4 Å². The Balaban J connectivity index is 2.35. The summed E-state index contributed by atoms with van der Waals surface area (Å²) in [6, 6.07) is 8.46. The maximum atomic E-state index is 13.0. The van der Waals surface area contributed by atoms with Crippen LogP contribution in [0.25, 0.3) is 11.3 Å². The standard InChI is InChI=1S/C17H16FNO4/c1-17(2,3)23-16(21)22-15-9-11(5-4-6-14(15)20)13-8-7-12(18)10-19-13/h4-10H,1-3H3. The van der Waals surface area contributed by atoms with Crippen LogP contribution in [0.1, 0.15) is 20.8 Å². The van der Waals surface area contributed by atoms with E-state index >= 15 is 0 Å². The highest BCUT2D eigenvalue weighted by atomic mass is 19.1. The van der Waals surface area contributed by atoms with Gasteiger partial charge in [0.2, 0.25) is 5.43 Å². The van der Waals surface area contributed by atoms with Gasteiger partial charge in [0.15, 0.2) is 5.75 Å². The minimum absolute atomic E-state index is 0.189. The van der Waals surface area contributed by atoms with Crippen molar-refractivity contribution >= 4 is 6.16 Å². The Hall–Kier alpha value is -2.76. The smallest absolute Gasteiger partial charge is 0.428 e. The molecule has 2 aromatic rings. The van der Waals surface area contributed by atoms with E-state index in [-0.39, 0.29) is 5.75 Å². The van der Waals surface area contributed by atoms with E-state index < -0.39 is 23.0 Å². The van der Waals surface area contributed by atoms with Crippen LogP contribution in [-0.2, 0) is 4.74 Å². The third kappa shape index (κ3) is 4.88. The molecule has 0 aliphatic carbocycles. The van der Waals surface area contributed by atoms with Crippen molar-refractivity contribution in [2.24, 2.45) is 0 Å².